The fraction of sp³-hybridized carbons (Fsp3) is 0.294. The van der Waals surface area contributed by atoms with E-state index in [9.17, 15) is 0 Å². The minimum Gasteiger partial charge on any atom is -0.457 e. The van der Waals surface area contributed by atoms with Gasteiger partial charge in [-0.25, -0.2) is 0 Å². The lowest BCUT2D eigenvalue weighted by Gasteiger charge is -2.29. The topological polar surface area (TPSA) is 94.6 Å². The van der Waals surface area contributed by atoms with Crippen molar-refractivity contribution in [2.24, 2.45) is 11.8 Å². The molecule has 0 aliphatic heterocycles. The molecule has 1 aliphatic carbocycles. The zero-order valence-corrected chi connectivity index (χ0v) is 23.0. The third-order valence-corrected chi connectivity index (χ3v) is 7.57. The van der Waals surface area contributed by atoms with Crippen molar-refractivity contribution in [3.63, 3.8) is 0 Å². The van der Waals surface area contributed by atoms with Crippen LogP contribution in [0.15, 0.2) is 97.1 Å². The van der Waals surface area contributed by atoms with Crippen molar-refractivity contribution in [3.05, 3.63) is 108 Å². The Bertz CT molecular complexity index is 1190. The summed E-state index contributed by atoms with van der Waals surface area (Å²) in [5, 5.41) is 7.32. The highest BCUT2D eigenvalue weighted by atomic mass is 16.5. The maximum atomic E-state index is 5.89. The standard InChI is InChI=1S/C34H40N4O2/c35-29-9-17-33(18-10-29)39-31-13-5-27(6-14-31)23-37-21-25-1-2-26(4-3-25)22-38-24-28-7-15-32(16-8-28)40-34-19-11-30(36)12-20-34/h5-20,25-26,37-38H,1-4,21-24,35-36H2. The zero-order valence-electron chi connectivity index (χ0n) is 23.0. The summed E-state index contributed by atoms with van der Waals surface area (Å²) in [4.78, 5) is 0. The molecular formula is C34H40N4O2. The van der Waals surface area contributed by atoms with Gasteiger partial charge in [0.15, 0.2) is 0 Å². The first-order chi connectivity index (χ1) is 19.6. The van der Waals surface area contributed by atoms with E-state index in [2.05, 4.69) is 34.9 Å². The second-order valence-electron chi connectivity index (χ2n) is 10.8. The van der Waals surface area contributed by atoms with Crippen molar-refractivity contribution in [2.45, 2.75) is 38.8 Å². The Kier molecular flexibility index (Phi) is 9.56. The van der Waals surface area contributed by atoms with Gasteiger partial charge >= 0.3 is 0 Å². The number of benzene rings is 4. The molecule has 6 heteroatoms. The molecule has 0 amide bonds. The van der Waals surface area contributed by atoms with E-state index in [1.165, 1.54) is 36.8 Å². The molecule has 4 aromatic carbocycles. The second-order valence-corrected chi connectivity index (χ2v) is 10.8. The second kappa shape index (κ2) is 13.9. The van der Waals surface area contributed by atoms with Crippen LogP contribution in [0.25, 0.3) is 0 Å². The number of rotatable bonds is 12. The van der Waals surface area contributed by atoms with Gasteiger partial charge in [0, 0.05) is 24.5 Å². The Labute approximate surface area is 237 Å². The molecule has 0 bridgehead atoms. The summed E-state index contributed by atoms with van der Waals surface area (Å²) in [7, 11) is 0. The molecule has 0 aromatic heterocycles. The number of anilines is 2. The normalized spacial score (nSPS) is 16.9. The van der Waals surface area contributed by atoms with Crippen LogP contribution >= 0.6 is 0 Å². The quantitative estimate of drug-likeness (QED) is 0.144. The number of nitrogens with one attached hydrogen (secondary N) is 2. The Hall–Kier alpha value is -4.00. The van der Waals surface area contributed by atoms with Crippen molar-refractivity contribution in [2.75, 3.05) is 24.6 Å². The molecular weight excluding hydrogens is 496 g/mol. The summed E-state index contributed by atoms with van der Waals surface area (Å²) >= 11 is 0. The number of hydrogen-bond acceptors (Lipinski definition) is 6. The Morgan fingerprint density at radius 3 is 1.10 bits per heavy atom. The van der Waals surface area contributed by atoms with Gasteiger partial charge in [-0.05, 0) is 135 Å². The molecule has 208 valence electrons. The molecule has 6 nitrogen and oxygen atoms in total. The molecule has 1 saturated carbocycles. The molecule has 0 radical (unpaired) electrons. The Balaban J connectivity index is 0.942. The number of hydrogen-bond donors (Lipinski definition) is 4. The lowest BCUT2D eigenvalue weighted by Crippen LogP contribution is -2.30. The lowest BCUT2D eigenvalue weighted by molar-refractivity contribution is 0.261. The van der Waals surface area contributed by atoms with Gasteiger partial charge in [0.25, 0.3) is 0 Å². The zero-order chi connectivity index (χ0) is 27.6. The first kappa shape index (κ1) is 27.6. The highest BCUT2D eigenvalue weighted by molar-refractivity contribution is 5.44. The van der Waals surface area contributed by atoms with Crippen molar-refractivity contribution in [3.8, 4) is 23.0 Å². The first-order valence-electron chi connectivity index (χ1n) is 14.3. The van der Waals surface area contributed by atoms with Crippen LogP contribution in [-0.2, 0) is 13.1 Å². The van der Waals surface area contributed by atoms with Crippen molar-refractivity contribution >= 4 is 11.4 Å². The van der Waals surface area contributed by atoms with E-state index in [4.69, 9.17) is 20.9 Å². The molecule has 40 heavy (non-hydrogen) atoms. The van der Waals surface area contributed by atoms with Crippen molar-refractivity contribution in [1.82, 2.24) is 10.6 Å². The van der Waals surface area contributed by atoms with Gasteiger partial charge in [-0.3, -0.25) is 0 Å². The average molecular weight is 537 g/mol. The van der Waals surface area contributed by atoms with Crippen LogP contribution in [0.3, 0.4) is 0 Å². The van der Waals surface area contributed by atoms with E-state index in [1.54, 1.807) is 0 Å². The van der Waals surface area contributed by atoms with Gasteiger partial charge in [0.2, 0.25) is 0 Å². The van der Waals surface area contributed by atoms with Crippen molar-refractivity contribution in [1.29, 1.82) is 0 Å². The summed E-state index contributed by atoms with van der Waals surface area (Å²) in [6.07, 6.45) is 5.19. The van der Waals surface area contributed by atoms with Crippen LogP contribution in [-0.4, -0.2) is 13.1 Å². The minimum absolute atomic E-state index is 0.735. The SMILES string of the molecule is Nc1ccc(Oc2ccc(CNCC3CCC(CNCc4ccc(Oc5ccc(N)cc5)cc4)CC3)cc2)cc1. The molecule has 1 aliphatic rings. The molecule has 0 heterocycles. The first-order valence-corrected chi connectivity index (χ1v) is 14.3. The third-order valence-electron chi connectivity index (χ3n) is 7.57. The van der Waals surface area contributed by atoms with Crippen LogP contribution in [0.4, 0.5) is 11.4 Å². The summed E-state index contributed by atoms with van der Waals surface area (Å²) in [5.74, 6) is 4.78. The lowest BCUT2D eigenvalue weighted by atomic mass is 9.82. The van der Waals surface area contributed by atoms with Crippen LogP contribution in [0.5, 0.6) is 23.0 Å². The fourth-order valence-electron chi connectivity index (χ4n) is 5.18. The van der Waals surface area contributed by atoms with Crippen molar-refractivity contribution < 1.29 is 9.47 Å². The molecule has 0 atom stereocenters. The largest absolute Gasteiger partial charge is 0.457 e. The van der Waals surface area contributed by atoms with E-state index >= 15 is 0 Å². The van der Waals surface area contributed by atoms with E-state index in [0.29, 0.717) is 0 Å². The minimum atomic E-state index is 0.735. The summed E-state index contributed by atoms with van der Waals surface area (Å²) in [5.41, 5.74) is 15.5. The monoisotopic (exact) mass is 536 g/mol. The summed E-state index contributed by atoms with van der Waals surface area (Å²) in [6, 6.07) is 31.5. The van der Waals surface area contributed by atoms with Gasteiger partial charge in [0.1, 0.15) is 23.0 Å². The van der Waals surface area contributed by atoms with Gasteiger partial charge in [-0.2, -0.15) is 0 Å². The molecule has 5 rings (SSSR count). The van der Waals surface area contributed by atoms with Crippen LogP contribution in [0, 0.1) is 11.8 Å². The van der Waals surface area contributed by atoms with Crippen LogP contribution < -0.4 is 31.6 Å². The van der Waals surface area contributed by atoms with E-state index < -0.39 is 0 Å². The third kappa shape index (κ3) is 8.50. The molecule has 4 aromatic rings. The average Bonchev–Trinajstić information content (AvgIpc) is 2.98. The molecule has 0 unspecified atom stereocenters. The van der Waals surface area contributed by atoms with E-state index in [0.717, 1.165) is 72.4 Å². The summed E-state index contributed by atoms with van der Waals surface area (Å²) in [6.45, 7) is 3.92. The molecule has 1 fully saturated rings. The van der Waals surface area contributed by atoms with Gasteiger partial charge in [0.05, 0.1) is 0 Å². The van der Waals surface area contributed by atoms with Gasteiger partial charge < -0.3 is 31.6 Å². The van der Waals surface area contributed by atoms with Crippen LogP contribution in [0.2, 0.25) is 0 Å². The highest BCUT2D eigenvalue weighted by Crippen LogP contribution is 2.28. The van der Waals surface area contributed by atoms with Crippen LogP contribution in [0.1, 0.15) is 36.8 Å². The molecule has 0 spiro atoms. The number of nitrogen functional groups attached to an aromatic ring is 2. The molecule has 6 N–H and O–H groups in total. The fourth-order valence-corrected chi connectivity index (χ4v) is 5.18. The summed E-state index contributed by atoms with van der Waals surface area (Å²) < 4.78 is 11.8. The number of nitrogens with two attached hydrogens (primary N) is 2. The predicted molar refractivity (Wildman–Crippen MR) is 164 cm³/mol. The highest BCUT2D eigenvalue weighted by Gasteiger charge is 2.20. The van der Waals surface area contributed by atoms with E-state index in [-0.39, 0.29) is 0 Å². The van der Waals surface area contributed by atoms with Gasteiger partial charge in [-0.15, -0.1) is 0 Å². The van der Waals surface area contributed by atoms with Gasteiger partial charge in [-0.1, -0.05) is 24.3 Å². The molecule has 0 saturated heterocycles. The smallest absolute Gasteiger partial charge is 0.127 e. The maximum Gasteiger partial charge on any atom is 0.127 e. The maximum absolute atomic E-state index is 5.89. The Morgan fingerprint density at radius 2 is 0.775 bits per heavy atom. The predicted octanol–water partition coefficient (Wildman–Crippen LogP) is 7.12. The van der Waals surface area contributed by atoms with E-state index in [1.807, 2.05) is 72.8 Å². The Morgan fingerprint density at radius 1 is 0.475 bits per heavy atom. The number of ether oxygens (including phenoxy) is 2.